The molecule has 76 valence electrons. The topological polar surface area (TPSA) is 12.0 Å². The van der Waals surface area contributed by atoms with Gasteiger partial charge in [0.1, 0.15) is 0 Å². The summed E-state index contributed by atoms with van der Waals surface area (Å²) in [6.07, 6.45) is 9.62. The fourth-order valence-corrected chi connectivity index (χ4v) is 0.986. The molecule has 0 aromatic rings. The van der Waals surface area contributed by atoms with Crippen LogP contribution in [-0.2, 0) is 0 Å². The summed E-state index contributed by atoms with van der Waals surface area (Å²) in [5, 5.41) is 2.92. The molecule has 0 unspecified atom stereocenters. The van der Waals surface area contributed by atoms with Gasteiger partial charge in [-0.05, 0) is 37.3 Å². The van der Waals surface area contributed by atoms with Gasteiger partial charge in [0.05, 0.1) is 0 Å². The molecule has 0 aliphatic rings. The van der Waals surface area contributed by atoms with Gasteiger partial charge in [-0.15, -0.1) is 0 Å². The molecule has 0 radical (unpaired) electrons. The molecule has 0 aromatic heterocycles. The van der Waals surface area contributed by atoms with E-state index in [1.54, 1.807) is 0 Å². The third-order valence-electron chi connectivity index (χ3n) is 1.59. The van der Waals surface area contributed by atoms with Crippen molar-refractivity contribution in [1.82, 2.24) is 5.32 Å². The summed E-state index contributed by atoms with van der Waals surface area (Å²) in [7, 11) is 1.86. The van der Waals surface area contributed by atoms with Crippen LogP contribution in [0.25, 0.3) is 0 Å². The Labute approximate surface area is 87.2 Å². The molecule has 14 heavy (non-hydrogen) atoms. The molecule has 0 saturated heterocycles. The number of allylic oxidation sites excluding steroid dienone is 7. The highest BCUT2D eigenvalue weighted by atomic mass is 14.8. The molecular formula is C13H19N. The fourth-order valence-electron chi connectivity index (χ4n) is 0.986. The normalized spacial score (nSPS) is 11.2. The van der Waals surface area contributed by atoms with E-state index >= 15 is 0 Å². The fraction of sp³-hybridized carbons (Fsp3) is 0.231. The maximum absolute atomic E-state index is 3.97. The average Bonchev–Trinajstić information content (AvgIpc) is 2.11. The predicted octanol–water partition coefficient (Wildman–Crippen LogP) is 3.35. The van der Waals surface area contributed by atoms with Gasteiger partial charge < -0.3 is 5.32 Å². The minimum atomic E-state index is 0.987. The highest BCUT2D eigenvalue weighted by molar-refractivity contribution is 5.46. The van der Waals surface area contributed by atoms with Gasteiger partial charge in [-0.2, -0.15) is 0 Å². The lowest BCUT2D eigenvalue weighted by molar-refractivity contribution is 1.10. The minimum absolute atomic E-state index is 0.987. The van der Waals surface area contributed by atoms with E-state index in [1.807, 2.05) is 37.6 Å². The van der Waals surface area contributed by atoms with Gasteiger partial charge in [-0.25, -0.2) is 0 Å². The van der Waals surface area contributed by atoms with Crippen molar-refractivity contribution in [1.29, 1.82) is 0 Å². The van der Waals surface area contributed by atoms with Crippen LogP contribution in [0, 0.1) is 0 Å². The van der Waals surface area contributed by atoms with Crippen LogP contribution in [0.15, 0.2) is 60.4 Å². The summed E-state index contributed by atoms with van der Waals surface area (Å²) >= 11 is 0. The molecule has 1 N–H and O–H groups in total. The van der Waals surface area contributed by atoms with E-state index in [9.17, 15) is 0 Å². The van der Waals surface area contributed by atoms with Gasteiger partial charge in [0.2, 0.25) is 0 Å². The Kier molecular flexibility index (Phi) is 6.21. The highest BCUT2D eigenvalue weighted by Gasteiger charge is 1.92. The Morgan fingerprint density at radius 1 is 1.29 bits per heavy atom. The molecule has 0 rings (SSSR count). The SMILES string of the molecule is C=C/C(=C/C=C\NC)C(=C)C=C(C)C. The number of nitrogens with one attached hydrogen (secondary N) is 1. The zero-order valence-corrected chi connectivity index (χ0v) is 9.30. The van der Waals surface area contributed by atoms with Crippen molar-refractivity contribution < 1.29 is 0 Å². The number of hydrogen-bond acceptors (Lipinski definition) is 1. The first-order chi connectivity index (χ1) is 6.61. The van der Waals surface area contributed by atoms with E-state index in [4.69, 9.17) is 0 Å². The summed E-state index contributed by atoms with van der Waals surface area (Å²) in [5.41, 5.74) is 3.26. The first kappa shape index (κ1) is 12.5. The van der Waals surface area contributed by atoms with Crippen molar-refractivity contribution >= 4 is 0 Å². The van der Waals surface area contributed by atoms with Crippen LogP contribution in [0.5, 0.6) is 0 Å². The van der Waals surface area contributed by atoms with Crippen molar-refractivity contribution in [3.8, 4) is 0 Å². The van der Waals surface area contributed by atoms with Crippen LogP contribution < -0.4 is 5.32 Å². The number of rotatable bonds is 5. The van der Waals surface area contributed by atoms with Gasteiger partial charge in [0.15, 0.2) is 0 Å². The molecule has 0 bridgehead atoms. The van der Waals surface area contributed by atoms with Crippen molar-refractivity contribution in [2.45, 2.75) is 13.8 Å². The molecule has 0 aromatic carbocycles. The van der Waals surface area contributed by atoms with Crippen molar-refractivity contribution in [3.63, 3.8) is 0 Å². The quantitative estimate of drug-likeness (QED) is 0.654. The summed E-state index contributed by atoms with van der Waals surface area (Å²) in [4.78, 5) is 0. The first-order valence-corrected chi connectivity index (χ1v) is 4.62. The second-order valence-electron chi connectivity index (χ2n) is 3.22. The standard InChI is InChI=1S/C13H19N/c1-6-13(8-7-9-14-5)12(4)10-11(2)3/h6-10,14H,1,4H2,2-3,5H3/b9-7-,13-8-. The first-order valence-electron chi connectivity index (χ1n) is 4.62. The van der Waals surface area contributed by atoms with Crippen LogP contribution in [0.2, 0.25) is 0 Å². The Balaban J connectivity index is 4.65. The zero-order valence-electron chi connectivity index (χ0n) is 9.30. The molecule has 0 saturated carbocycles. The third kappa shape index (κ3) is 5.20. The Morgan fingerprint density at radius 2 is 1.93 bits per heavy atom. The van der Waals surface area contributed by atoms with E-state index in [-0.39, 0.29) is 0 Å². The minimum Gasteiger partial charge on any atom is -0.394 e. The lowest BCUT2D eigenvalue weighted by Crippen LogP contribution is -1.90. The second kappa shape index (κ2) is 6.96. The summed E-state index contributed by atoms with van der Waals surface area (Å²) < 4.78 is 0. The maximum atomic E-state index is 3.97. The molecule has 1 heteroatoms. The van der Waals surface area contributed by atoms with E-state index in [0.29, 0.717) is 0 Å². The molecule has 0 aliphatic carbocycles. The Bertz CT molecular complexity index is 286. The van der Waals surface area contributed by atoms with E-state index in [0.717, 1.165) is 11.1 Å². The molecule has 0 heterocycles. The second-order valence-corrected chi connectivity index (χ2v) is 3.22. The van der Waals surface area contributed by atoms with Crippen LogP contribution in [0.1, 0.15) is 13.8 Å². The van der Waals surface area contributed by atoms with Gasteiger partial charge in [-0.3, -0.25) is 0 Å². The molecule has 1 nitrogen and oxygen atoms in total. The highest BCUT2D eigenvalue weighted by Crippen LogP contribution is 2.12. The molecule has 0 aliphatic heterocycles. The lowest BCUT2D eigenvalue weighted by Gasteiger charge is -2.00. The van der Waals surface area contributed by atoms with E-state index in [1.165, 1.54) is 5.57 Å². The Morgan fingerprint density at radius 3 is 2.36 bits per heavy atom. The Hall–Kier alpha value is -1.50. The van der Waals surface area contributed by atoms with Gasteiger partial charge in [-0.1, -0.05) is 37.0 Å². The van der Waals surface area contributed by atoms with Gasteiger partial charge in [0.25, 0.3) is 0 Å². The summed E-state index contributed by atoms with van der Waals surface area (Å²) in [6.45, 7) is 11.8. The molecule has 0 spiro atoms. The average molecular weight is 189 g/mol. The molecule has 0 amide bonds. The van der Waals surface area contributed by atoms with Crippen LogP contribution >= 0.6 is 0 Å². The van der Waals surface area contributed by atoms with Gasteiger partial charge >= 0.3 is 0 Å². The summed E-state index contributed by atoms with van der Waals surface area (Å²) in [5.74, 6) is 0. The van der Waals surface area contributed by atoms with Crippen molar-refractivity contribution in [3.05, 3.63) is 60.4 Å². The zero-order chi connectivity index (χ0) is 11.0. The van der Waals surface area contributed by atoms with E-state index < -0.39 is 0 Å². The van der Waals surface area contributed by atoms with Crippen molar-refractivity contribution in [2.24, 2.45) is 0 Å². The summed E-state index contributed by atoms with van der Waals surface area (Å²) in [6, 6.07) is 0. The van der Waals surface area contributed by atoms with Gasteiger partial charge in [0, 0.05) is 7.05 Å². The van der Waals surface area contributed by atoms with Crippen LogP contribution in [0.3, 0.4) is 0 Å². The van der Waals surface area contributed by atoms with Crippen LogP contribution in [-0.4, -0.2) is 7.05 Å². The van der Waals surface area contributed by atoms with Crippen molar-refractivity contribution in [2.75, 3.05) is 7.05 Å². The van der Waals surface area contributed by atoms with Crippen LogP contribution in [0.4, 0.5) is 0 Å². The predicted molar refractivity (Wildman–Crippen MR) is 65.1 cm³/mol. The molecular weight excluding hydrogens is 170 g/mol. The number of hydrogen-bond donors (Lipinski definition) is 1. The largest absolute Gasteiger partial charge is 0.394 e. The molecule has 0 atom stereocenters. The third-order valence-corrected chi connectivity index (χ3v) is 1.59. The smallest absolute Gasteiger partial charge is 0.00277 e. The molecule has 0 fully saturated rings. The lowest BCUT2D eigenvalue weighted by atomic mass is 10.1. The maximum Gasteiger partial charge on any atom is 0.00277 e. The van der Waals surface area contributed by atoms with E-state index in [2.05, 4.69) is 32.3 Å². The monoisotopic (exact) mass is 189 g/mol.